The molecule has 6 heteroatoms. The Morgan fingerprint density at radius 2 is 2.12 bits per heavy atom. The summed E-state index contributed by atoms with van der Waals surface area (Å²) in [5.74, 6) is 1.96. The number of urea groups is 1. The summed E-state index contributed by atoms with van der Waals surface area (Å²) in [7, 11) is 0. The van der Waals surface area contributed by atoms with Crippen LogP contribution in [0.1, 0.15) is 42.9 Å². The molecule has 1 aromatic heterocycles. The largest absolute Gasteiger partial charge is 0.493 e. The number of carbonyl (C=O) groups is 1. The predicted molar refractivity (Wildman–Crippen MR) is 93.5 cm³/mol. The van der Waals surface area contributed by atoms with Crippen LogP contribution >= 0.6 is 0 Å². The number of fused-ring (bicyclic) bond motifs is 1. The minimum Gasteiger partial charge on any atom is -0.493 e. The molecule has 0 aliphatic carbocycles. The maximum atomic E-state index is 12.3. The lowest BCUT2D eigenvalue weighted by atomic mass is 10.0. The highest BCUT2D eigenvalue weighted by atomic mass is 16.5. The minimum atomic E-state index is -1.27. The van der Waals surface area contributed by atoms with Crippen molar-refractivity contribution >= 4 is 6.03 Å². The zero-order valence-corrected chi connectivity index (χ0v) is 14.5. The molecular formula is C19H24N2O4. The van der Waals surface area contributed by atoms with Gasteiger partial charge in [-0.3, -0.25) is 0 Å². The fourth-order valence-electron chi connectivity index (χ4n) is 2.95. The monoisotopic (exact) mass is 344 g/mol. The molecule has 0 radical (unpaired) electrons. The lowest BCUT2D eigenvalue weighted by Gasteiger charge is -2.23. The van der Waals surface area contributed by atoms with E-state index in [9.17, 15) is 9.90 Å². The van der Waals surface area contributed by atoms with Crippen LogP contribution in [0.25, 0.3) is 0 Å². The summed E-state index contributed by atoms with van der Waals surface area (Å²) < 4.78 is 11.2. The van der Waals surface area contributed by atoms with E-state index in [1.165, 1.54) is 0 Å². The maximum absolute atomic E-state index is 12.3. The van der Waals surface area contributed by atoms with E-state index < -0.39 is 5.60 Å². The smallest absolute Gasteiger partial charge is 0.315 e. The first-order valence-electron chi connectivity index (χ1n) is 8.51. The van der Waals surface area contributed by atoms with E-state index in [1.807, 2.05) is 31.2 Å². The third-order valence-corrected chi connectivity index (χ3v) is 4.36. The van der Waals surface area contributed by atoms with Crippen molar-refractivity contribution in [1.29, 1.82) is 0 Å². The highest BCUT2D eigenvalue weighted by Crippen LogP contribution is 2.31. The van der Waals surface area contributed by atoms with E-state index >= 15 is 0 Å². The van der Waals surface area contributed by atoms with Crippen molar-refractivity contribution in [1.82, 2.24) is 10.6 Å². The van der Waals surface area contributed by atoms with Gasteiger partial charge >= 0.3 is 6.03 Å². The van der Waals surface area contributed by atoms with Crippen LogP contribution in [-0.2, 0) is 5.60 Å². The molecule has 6 nitrogen and oxygen atoms in total. The van der Waals surface area contributed by atoms with Gasteiger partial charge in [-0.05, 0) is 44.9 Å². The van der Waals surface area contributed by atoms with Crippen LogP contribution in [0.5, 0.6) is 5.75 Å². The van der Waals surface area contributed by atoms with E-state index in [1.54, 1.807) is 19.1 Å². The van der Waals surface area contributed by atoms with Gasteiger partial charge in [0.15, 0.2) is 0 Å². The fourth-order valence-corrected chi connectivity index (χ4v) is 2.95. The Labute approximate surface area is 147 Å². The molecule has 2 atom stereocenters. The molecule has 0 fully saturated rings. The van der Waals surface area contributed by atoms with Crippen LogP contribution in [0.15, 0.2) is 40.8 Å². The Bertz CT molecular complexity index is 739. The van der Waals surface area contributed by atoms with Crippen LogP contribution < -0.4 is 15.4 Å². The van der Waals surface area contributed by atoms with Crippen molar-refractivity contribution in [3.63, 3.8) is 0 Å². The number of benzene rings is 1. The summed E-state index contributed by atoms with van der Waals surface area (Å²) in [5.41, 5.74) is -0.292. The van der Waals surface area contributed by atoms with Crippen LogP contribution in [0.4, 0.5) is 4.79 Å². The van der Waals surface area contributed by atoms with Crippen molar-refractivity contribution in [3.05, 3.63) is 53.5 Å². The SMILES string of the molecule is Cc1ccc([C@](C)(O)CNC(=O)N[C@@H]2CCCOc3ccccc32)o1. The number of aliphatic hydroxyl groups is 1. The number of ether oxygens (including phenoxy) is 1. The summed E-state index contributed by atoms with van der Waals surface area (Å²) in [6.45, 7) is 4.12. The molecule has 1 aromatic carbocycles. The average Bonchev–Trinajstić information content (AvgIpc) is 2.94. The summed E-state index contributed by atoms with van der Waals surface area (Å²) in [5, 5.41) is 16.2. The molecule has 0 saturated carbocycles. The van der Waals surface area contributed by atoms with Gasteiger partial charge in [0, 0.05) is 5.56 Å². The summed E-state index contributed by atoms with van der Waals surface area (Å²) in [4.78, 5) is 12.3. The van der Waals surface area contributed by atoms with Gasteiger partial charge in [0.05, 0.1) is 19.2 Å². The molecule has 1 aliphatic rings. The van der Waals surface area contributed by atoms with Crippen LogP contribution in [0.3, 0.4) is 0 Å². The quantitative estimate of drug-likeness (QED) is 0.796. The summed E-state index contributed by atoms with van der Waals surface area (Å²) in [6, 6.07) is 10.8. The Morgan fingerprint density at radius 3 is 2.88 bits per heavy atom. The van der Waals surface area contributed by atoms with Gasteiger partial charge in [-0.2, -0.15) is 0 Å². The van der Waals surface area contributed by atoms with Gasteiger partial charge in [-0.1, -0.05) is 18.2 Å². The molecule has 0 spiro atoms. The second-order valence-electron chi connectivity index (χ2n) is 6.59. The molecule has 2 aromatic rings. The van der Waals surface area contributed by atoms with Crippen LogP contribution in [0.2, 0.25) is 0 Å². The molecule has 25 heavy (non-hydrogen) atoms. The van der Waals surface area contributed by atoms with E-state index in [4.69, 9.17) is 9.15 Å². The van der Waals surface area contributed by atoms with Gasteiger partial charge in [0.1, 0.15) is 22.9 Å². The number of furan rings is 1. The van der Waals surface area contributed by atoms with Crippen molar-refractivity contribution in [2.24, 2.45) is 0 Å². The number of nitrogens with one attached hydrogen (secondary N) is 2. The molecular weight excluding hydrogens is 320 g/mol. The Balaban J connectivity index is 1.61. The minimum absolute atomic E-state index is 0.0522. The maximum Gasteiger partial charge on any atom is 0.315 e. The number of amides is 2. The highest BCUT2D eigenvalue weighted by molar-refractivity contribution is 5.74. The number of hydrogen-bond acceptors (Lipinski definition) is 4. The average molecular weight is 344 g/mol. The van der Waals surface area contributed by atoms with Gasteiger partial charge in [0.2, 0.25) is 0 Å². The summed E-state index contributed by atoms with van der Waals surface area (Å²) in [6.07, 6.45) is 1.67. The number of hydrogen-bond donors (Lipinski definition) is 3. The van der Waals surface area contributed by atoms with Crippen molar-refractivity contribution in [3.8, 4) is 5.75 Å². The zero-order chi connectivity index (χ0) is 17.9. The Kier molecular flexibility index (Phi) is 4.99. The number of para-hydroxylation sites is 1. The first-order valence-corrected chi connectivity index (χ1v) is 8.51. The molecule has 0 unspecified atom stereocenters. The van der Waals surface area contributed by atoms with Crippen molar-refractivity contribution in [2.75, 3.05) is 13.2 Å². The van der Waals surface area contributed by atoms with E-state index in [-0.39, 0.29) is 18.6 Å². The first kappa shape index (κ1) is 17.4. The van der Waals surface area contributed by atoms with Crippen LogP contribution in [-0.4, -0.2) is 24.3 Å². The third-order valence-electron chi connectivity index (χ3n) is 4.36. The molecule has 0 bridgehead atoms. The Hall–Kier alpha value is -2.47. The van der Waals surface area contributed by atoms with Gasteiger partial charge < -0.3 is 24.9 Å². The van der Waals surface area contributed by atoms with E-state index in [0.29, 0.717) is 12.4 Å². The number of aryl methyl sites for hydroxylation is 1. The highest BCUT2D eigenvalue weighted by Gasteiger charge is 2.28. The van der Waals surface area contributed by atoms with Gasteiger partial charge in [-0.25, -0.2) is 4.79 Å². The molecule has 1 aliphatic heterocycles. The number of carbonyl (C=O) groups excluding carboxylic acids is 1. The van der Waals surface area contributed by atoms with Gasteiger partial charge in [-0.15, -0.1) is 0 Å². The number of rotatable bonds is 4. The van der Waals surface area contributed by atoms with Crippen molar-refractivity contribution in [2.45, 2.75) is 38.3 Å². The lowest BCUT2D eigenvalue weighted by molar-refractivity contribution is 0.0359. The predicted octanol–water partition coefficient (Wildman–Crippen LogP) is 3.01. The molecule has 3 N–H and O–H groups in total. The fraction of sp³-hybridized carbons (Fsp3) is 0.421. The van der Waals surface area contributed by atoms with E-state index in [0.717, 1.165) is 29.9 Å². The van der Waals surface area contributed by atoms with Crippen LogP contribution in [0, 0.1) is 6.92 Å². The normalized spacial score (nSPS) is 19.1. The lowest BCUT2D eigenvalue weighted by Crippen LogP contribution is -2.44. The first-order chi connectivity index (χ1) is 12.0. The third kappa shape index (κ3) is 4.14. The molecule has 2 heterocycles. The second kappa shape index (κ2) is 7.19. The molecule has 2 amide bonds. The van der Waals surface area contributed by atoms with E-state index in [2.05, 4.69) is 10.6 Å². The molecule has 3 rings (SSSR count). The topological polar surface area (TPSA) is 83.7 Å². The second-order valence-corrected chi connectivity index (χ2v) is 6.59. The molecule has 0 saturated heterocycles. The Morgan fingerprint density at radius 1 is 1.32 bits per heavy atom. The standard InChI is InChI=1S/C19H24N2O4/c1-13-9-10-17(25-13)19(2,23)12-20-18(22)21-15-7-5-11-24-16-8-4-3-6-14(15)16/h3-4,6,8-10,15,23H,5,7,11-12H2,1-2H3,(H2,20,21,22)/t15-,19-/m1/s1. The molecule has 134 valence electrons. The summed E-state index contributed by atoms with van der Waals surface area (Å²) >= 11 is 0. The van der Waals surface area contributed by atoms with Gasteiger partial charge in [0.25, 0.3) is 0 Å². The zero-order valence-electron chi connectivity index (χ0n) is 14.5. The van der Waals surface area contributed by atoms with Crippen molar-refractivity contribution < 1.29 is 19.1 Å².